The number of fused-ring (bicyclic) bond motifs is 1. The molecule has 0 N–H and O–H groups in total. The molecule has 9 heteroatoms. The number of rotatable bonds is 5. The average molecular weight is 456 g/mol. The second-order valence-corrected chi connectivity index (χ2v) is 16.3. The lowest BCUT2D eigenvalue weighted by Crippen LogP contribution is -2.43. The summed E-state index contributed by atoms with van der Waals surface area (Å²) >= 11 is 0. The highest BCUT2D eigenvalue weighted by Crippen LogP contribution is 2.40. The van der Waals surface area contributed by atoms with Gasteiger partial charge in [-0.2, -0.15) is 4.98 Å². The number of imidazole rings is 1. The summed E-state index contributed by atoms with van der Waals surface area (Å²) in [5.41, 5.74) is 6.25. The molecule has 3 aromatic rings. The van der Waals surface area contributed by atoms with Crippen LogP contribution in [0.2, 0.25) is 16.6 Å². The molecule has 0 saturated heterocycles. The summed E-state index contributed by atoms with van der Waals surface area (Å²) in [6, 6.07) is 1.89. The minimum absolute atomic E-state index is 0.246. The van der Waals surface area contributed by atoms with E-state index >= 15 is 0 Å². The Labute approximate surface area is 185 Å². The van der Waals surface area contributed by atoms with Crippen LogP contribution in [0.15, 0.2) is 36.1 Å². The van der Waals surface area contributed by atoms with E-state index in [1.165, 1.54) is 6.20 Å². The molecule has 0 aliphatic carbocycles. The maximum absolute atomic E-state index is 12.0. The van der Waals surface area contributed by atoms with Gasteiger partial charge in [-0.25, -0.2) is 23.4 Å². The van der Waals surface area contributed by atoms with E-state index in [4.69, 9.17) is 0 Å². The van der Waals surface area contributed by atoms with Gasteiger partial charge in [0.05, 0.1) is 5.39 Å². The minimum atomic E-state index is -3.55. The van der Waals surface area contributed by atoms with E-state index in [0.717, 1.165) is 11.8 Å². The molecule has 3 rings (SSSR count). The van der Waals surface area contributed by atoms with Crippen LogP contribution in [0.5, 0.6) is 0 Å². The fraction of sp³-hybridized carbons (Fsp3) is 0.455. The van der Waals surface area contributed by atoms with Crippen molar-refractivity contribution in [3.63, 3.8) is 0 Å². The van der Waals surface area contributed by atoms with Crippen molar-refractivity contribution >= 4 is 28.9 Å². The summed E-state index contributed by atoms with van der Waals surface area (Å²) in [5.74, 6) is 4.02. The van der Waals surface area contributed by atoms with Crippen molar-refractivity contribution in [1.82, 2.24) is 24.5 Å². The predicted molar refractivity (Wildman–Crippen MR) is 125 cm³/mol. The Morgan fingerprint density at radius 1 is 1.03 bits per heavy atom. The van der Waals surface area contributed by atoms with Gasteiger partial charge in [-0.1, -0.05) is 47.5 Å². The highest BCUT2D eigenvalue weighted by atomic mass is 32.2. The van der Waals surface area contributed by atoms with E-state index in [9.17, 15) is 8.42 Å². The van der Waals surface area contributed by atoms with Gasteiger partial charge in [0, 0.05) is 30.4 Å². The van der Waals surface area contributed by atoms with E-state index in [-0.39, 0.29) is 5.16 Å². The highest BCUT2D eigenvalue weighted by Gasteiger charge is 2.41. The van der Waals surface area contributed by atoms with Gasteiger partial charge in [0.1, 0.15) is 20.2 Å². The van der Waals surface area contributed by atoms with Crippen LogP contribution < -0.4 is 0 Å². The van der Waals surface area contributed by atoms with E-state index in [0.29, 0.717) is 33.5 Å². The van der Waals surface area contributed by atoms with Gasteiger partial charge in [0.25, 0.3) is 0 Å². The van der Waals surface area contributed by atoms with Crippen LogP contribution in [0.3, 0.4) is 0 Å². The van der Waals surface area contributed by atoms with Crippen molar-refractivity contribution in [2.24, 2.45) is 0 Å². The number of hydrogen-bond acceptors (Lipinski definition) is 6. The van der Waals surface area contributed by atoms with Crippen molar-refractivity contribution in [1.29, 1.82) is 0 Å². The van der Waals surface area contributed by atoms with Crippen molar-refractivity contribution in [3.8, 4) is 17.3 Å². The zero-order chi connectivity index (χ0) is 23.0. The first kappa shape index (κ1) is 23.1. The third-order valence-corrected chi connectivity index (χ3v) is 13.1. The van der Waals surface area contributed by atoms with Crippen LogP contribution in [0.25, 0.3) is 16.9 Å². The molecule has 31 heavy (non-hydrogen) atoms. The summed E-state index contributed by atoms with van der Waals surface area (Å²) < 4.78 is 25.7. The average Bonchev–Trinajstić information content (AvgIpc) is 3.21. The molecule has 0 saturated carbocycles. The van der Waals surface area contributed by atoms with Gasteiger partial charge >= 0.3 is 0 Å². The predicted octanol–water partition coefficient (Wildman–Crippen LogP) is 4.18. The Kier molecular flexibility index (Phi) is 6.34. The zero-order valence-electron chi connectivity index (χ0n) is 19.1. The molecular weight excluding hydrogens is 426 g/mol. The number of sulfone groups is 1. The highest BCUT2D eigenvalue weighted by molar-refractivity contribution is 7.90. The third kappa shape index (κ3) is 4.41. The van der Waals surface area contributed by atoms with Gasteiger partial charge in [-0.05, 0) is 22.7 Å². The van der Waals surface area contributed by atoms with E-state index < -0.39 is 17.9 Å². The van der Waals surface area contributed by atoms with Crippen LogP contribution in [0, 0.1) is 11.5 Å². The molecule has 3 heterocycles. The largest absolute Gasteiger partial charge is 0.290 e. The lowest BCUT2D eigenvalue weighted by atomic mass is 10.2. The van der Waals surface area contributed by atoms with Crippen molar-refractivity contribution in [3.05, 3.63) is 36.5 Å². The third-order valence-electron chi connectivity index (χ3n) is 5.91. The molecule has 0 aromatic carbocycles. The summed E-state index contributed by atoms with van der Waals surface area (Å²) in [7, 11) is -5.51. The molecule has 0 aliphatic heterocycles. The van der Waals surface area contributed by atoms with Crippen LogP contribution in [-0.2, 0) is 9.84 Å². The van der Waals surface area contributed by atoms with Gasteiger partial charge in [0.2, 0.25) is 15.0 Å². The first-order chi connectivity index (χ1) is 14.5. The van der Waals surface area contributed by atoms with Crippen LogP contribution in [-0.4, -0.2) is 47.3 Å². The Hall–Kier alpha value is -2.57. The standard InChI is InChI=1S/C22H29N5O2SSi/c1-15(2)31(16(3)4,17(5)6)11-8-18-12-20(27-10-9-23-14-27)25-21-19(18)13-24-22(26-21)30(7,28)29/h9-10,12-17H,1-7H3. The normalized spacial score (nSPS) is 12.6. The lowest BCUT2D eigenvalue weighted by molar-refractivity contribution is 0.593. The molecule has 164 valence electrons. The van der Waals surface area contributed by atoms with Crippen LogP contribution >= 0.6 is 0 Å². The van der Waals surface area contributed by atoms with Gasteiger partial charge in [-0.15, -0.1) is 5.54 Å². The number of hydrogen-bond donors (Lipinski definition) is 0. The van der Waals surface area contributed by atoms with Gasteiger partial charge in [0.15, 0.2) is 5.65 Å². The van der Waals surface area contributed by atoms with Crippen molar-refractivity contribution < 1.29 is 8.42 Å². The van der Waals surface area contributed by atoms with E-state index in [1.54, 1.807) is 23.3 Å². The Morgan fingerprint density at radius 2 is 1.68 bits per heavy atom. The molecule has 3 aromatic heterocycles. The number of pyridine rings is 1. The molecule has 0 amide bonds. The second kappa shape index (κ2) is 8.52. The summed E-state index contributed by atoms with van der Waals surface area (Å²) in [6.07, 6.45) is 7.67. The Bertz CT molecular complexity index is 1230. The topological polar surface area (TPSA) is 90.6 Å². The maximum atomic E-state index is 12.0. The molecule has 0 atom stereocenters. The Morgan fingerprint density at radius 3 is 2.19 bits per heavy atom. The lowest BCUT2D eigenvalue weighted by Gasteiger charge is -2.38. The molecule has 0 fully saturated rings. The fourth-order valence-corrected chi connectivity index (χ4v) is 10.1. The van der Waals surface area contributed by atoms with Crippen LogP contribution in [0.4, 0.5) is 0 Å². The molecule has 0 aliphatic rings. The molecule has 0 spiro atoms. The van der Waals surface area contributed by atoms with Crippen LogP contribution in [0.1, 0.15) is 47.1 Å². The summed E-state index contributed by atoms with van der Waals surface area (Å²) in [5, 5.41) is 0.396. The number of nitrogens with zero attached hydrogens (tertiary/aromatic N) is 5. The second-order valence-electron chi connectivity index (χ2n) is 8.81. The van der Waals surface area contributed by atoms with E-state index in [2.05, 4.69) is 72.9 Å². The van der Waals surface area contributed by atoms with Gasteiger partial charge in [-0.3, -0.25) is 4.57 Å². The zero-order valence-corrected chi connectivity index (χ0v) is 20.9. The first-order valence-corrected chi connectivity index (χ1v) is 14.5. The van der Waals surface area contributed by atoms with Gasteiger partial charge < -0.3 is 0 Å². The molecule has 0 unspecified atom stereocenters. The van der Waals surface area contributed by atoms with Crippen molar-refractivity contribution in [2.75, 3.05) is 6.26 Å². The Balaban J connectivity index is 2.30. The van der Waals surface area contributed by atoms with Crippen molar-refractivity contribution in [2.45, 2.75) is 63.3 Å². The minimum Gasteiger partial charge on any atom is -0.290 e. The maximum Gasteiger partial charge on any atom is 0.248 e. The smallest absolute Gasteiger partial charge is 0.248 e. The molecular formula is C22H29N5O2SSi. The number of aromatic nitrogens is 5. The first-order valence-electron chi connectivity index (χ1n) is 10.4. The molecule has 0 radical (unpaired) electrons. The summed E-state index contributed by atoms with van der Waals surface area (Å²) in [4.78, 5) is 16.9. The SMILES string of the molecule is CC(C)[Si](C#Cc1cc(-n2ccnc2)nc2nc(S(C)(=O)=O)ncc12)(C(C)C)C(C)C. The quantitative estimate of drug-likeness (QED) is 0.326. The van der Waals surface area contributed by atoms with E-state index in [1.807, 2.05) is 6.07 Å². The fourth-order valence-electron chi connectivity index (χ4n) is 4.40. The molecule has 7 nitrogen and oxygen atoms in total. The molecule has 0 bridgehead atoms. The summed E-state index contributed by atoms with van der Waals surface area (Å²) in [6.45, 7) is 13.6. The monoisotopic (exact) mass is 455 g/mol.